The van der Waals surface area contributed by atoms with E-state index in [4.69, 9.17) is 11.6 Å². The normalized spacial score (nSPS) is 11.6. The van der Waals surface area contributed by atoms with Gasteiger partial charge in [-0.3, -0.25) is 4.98 Å². The van der Waals surface area contributed by atoms with Crippen molar-refractivity contribution in [1.29, 1.82) is 0 Å². The van der Waals surface area contributed by atoms with Gasteiger partial charge in [-0.1, -0.05) is 32.4 Å². The number of carbonyl (C=O) groups is 1. The van der Waals surface area contributed by atoms with Gasteiger partial charge in [0.2, 0.25) is 0 Å². The Morgan fingerprint density at radius 2 is 2.11 bits per heavy atom. The molecule has 1 N–H and O–H groups in total. The Morgan fingerprint density at radius 3 is 2.58 bits per heavy atom. The predicted octanol–water partition coefficient (Wildman–Crippen LogP) is 3.85. The van der Waals surface area contributed by atoms with Crippen LogP contribution in [0.5, 0.6) is 0 Å². The van der Waals surface area contributed by atoms with Gasteiger partial charge >= 0.3 is 5.97 Å². The Labute approximate surface area is 120 Å². The van der Waals surface area contributed by atoms with Gasteiger partial charge in [-0.05, 0) is 12.1 Å². The van der Waals surface area contributed by atoms with E-state index in [9.17, 15) is 9.90 Å². The number of hydrogen-bond acceptors (Lipinski definition) is 4. The summed E-state index contributed by atoms with van der Waals surface area (Å²) in [5.74, 6) is -0.972. The van der Waals surface area contributed by atoms with Crippen molar-refractivity contribution in [3.05, 3.63) is 33.9 Å². The Kier molecular flexibility index (Phi) is 3.60. The third-order valence-corrected chi connectivity index (χ3v) is 3.85. The van der Waals surface area contributed by atoms with Gasteiger partial charge in [-0.15, -0.1) is 11.3 Å². The summed E-state index contributed by atoms with van der Waals surface area (Å²) in [7, 11) is 0. The Balaban J connectivity index is 2.62. The van der Waals surface area contributed by atoms with E-state index in [0.29, 0.717) is 21.4 Å². The first-order valence-corrected chi connectivity index (χ1v) is 6.85. The molecule has 2 aromatic rings. The van der Waals surface area contributed by atoms with Crippen molar-refractivity contribution in [2.75, 3.05) is 0 Å². The average Bonchev–Trinajstić information content (AvgIpc) is 2.74. The van der Waals surface area contributed by atoms with Gasteiger partial charge in [0.05, 0.1) is 10.7 Å². The summed E-state index contributed by atoms with van der Waals surface area (Å²) < 4.78 is 0. The monoisotopic (exact) mass is 296 g/mol. The van der Waals surface area contributed by atoms with Crippen LogP contribution in [-0.2, 0) is 5.41 Å². The molecule has 0 aliphatic carbocycles. The molecule has 0 saturated carbocycles. The summed E-state index contributed by atoms with van der Waals surface area (Å²) in [5, 5.41) is 10.3. The van der Waals surface area contributed by atoms with Crippen molar-refractivity contribution >= 4 is 28.9 Å². The lowest BCUT2D eigenvalue weighted by molar-refractivity contribution is 0.0699. The predicted molar refractivity (Wildman–Crippen MR) is 76.0 cm³/mol. The fourth-order valence-electron chi connectivity index (χ4n) is 1.62. The van der Waals surface area contributed by atoms with Gasteiger partial charge in [0.1, 0.15) is 15.6 Å². The number of hydrogen-bond donors (Lipinski definition) is 1. The van der Waals surface area contributed by atoms with Crippen molar-refractivity contribution in [1.82, 2.24) is 9.97 Å². The molecule has 19 heavy (non-hydrogen) atoms. The van der Waals surface area contributed by atoms with E-state index in [1.54, 1.807) is 18.3 Å². The van der Waals surface area contributed by atoms with Crippen LogP contribution in [-0.4, -0.2) is 21.0 Å². The minimum Gasteiger partial charge on any atom is -0.477 e. The molecule has 2 aromatic heterocycles. The molecule has 0 aliphatic heterocycles. The number of pyridine rings is 1. The van der Waals surface area contributed by atoms with Crippen LogP contribution in [0.1, 0.15) is 36.1 Å². The first-order valence-electron chi connectivity index (χ1n) is 5.66. The smallest absolute Gasteiger partial charge is 0.347 e. The zero-order valence-corrected chi connectivity index (χ0v) is 12.3. The number of aromatic carboxylic acids is 1. The highest BCUT2D eigenvalue weighted by atomic mass is 35.5. The average molecular weight is 297 g/mol. The van der Waals surface area contributed by atoms with E-state index in [1.807, 2.05) is 20.8 Å². The highest BCUT2D eigenvalue weighted by Gasteiger charge is 2.28. The largest absolute Gasteiger partial charge is 0.477 e. The molecule has 0 unspecified atom stereocenters. The van der Waals surface area contributed by atoms with Crippen LogP contribution in [0.3, 0.4) is 0 Å². The van der Waals surface area contributed by atoms with Crippen molar-refractivity contribution in [3.8, 4) is 10.7 Å². The van der Waals surface area contributed by atoms with Crippen LogP contribution in [0, 0.1) is 0 Å². The van der Waals surface area contributed by atoms with E-state index in [-0.39, 0.29) is 10.3 Å². The molecule has 2 rings (SSSR count). The first-order chi connectivity index (χ1) is 8.80. The van der Waals surface area contributed by atoms with Crippen molar-refractivity contribution in [2.45, 2.75) is 26.2 Å². The third-order valence-electron chi connectivity index (χ3n) is 2.49. The second-order valence-electron chi connectivity index (χ2n) is 5.09. The summed E-state index contributed by atoms with van der Waals surface area (Å²) >= 11 is 7.18. The molecule has 4 nitrogen and oxygen atoms in total. The van der Waals surface area contributed by atoms with E-state index in [2.05, 4.69) is 9.97 Å². The minimum absolute atomic E-state index is 0.240. The van der Waals surface area contributed by atoms with Crippen molar-refractivity contribution < 1.29 is 9.90 Å². The third kappa shape index (κ3) is 2.77. The SMILES string of the molecule is CC(C)(C)c1nc(-c2ncccc2Cl)sc1C(=O)O. The standard InChI is InChI=1S/C13H13ClN2O2S/c1-13(2,3)10-9(12(17)18)19-11(16-10)8-7(14)5-4-6-15-8/h4-6H,1-3H3,(H,17,18). The molecule has 0 bridgehead atoms. The molecule has 0 atom stereocenters. The molecule has 0 radical (unpaired) electrons. The summed E-state index contributed by atoms with van der Waals surface area (Å²) in [6.45, 7) is 5.79. The number of thiazole rings is 1. The molecule has 0 spiro atoms. The lowest BCUT2D eigenvalue weighted by Crippen LogP contribution is -2.16. The van der Waals surface area contributed by atoms with Crippen LogP contribution >= 0.6 is 22.9 Å². The topological polar surface area (TPSA) is 63.1 Å². The fourth-order valence-corrected chi connectivity index (χ4v) is 3.01. The first kappa shape index (κ1) is 14.0. The van der Waals surface area contributed by atoms with Gasteiger partial charge in [-0.25, -0.2) is 9.78 Å². The van der Waals surface area contributed by atoms with Gasteiger partial charge in [0, 0.05) is 11.6 Å². The lowest BCUT2D eigenvalue weighted by Gasteiger charge is -2.15. The zero-order valence-electron chi connectivity index (χ0n) is 10.8. The molecule has 0 fully saturated rings. The summed E-state index contributed by atoms with van der Waals surface area (Å²) in [6.07, 6.45) is 1.61. The van der Waals surface area contributed by atoms with E-state index in [1.165, 1.54) is 0 Å². The summed E-state index contributed by atoms with van der Waals surface area (Å²) in [6, 6.07) is 3.44. The maximum Gasteiger partial charge on any atom is 0.347 e. The zero-order chi connectivity index (χ0) is 14.2. The maximum absolute atomic E-state index is 11.3. The second kappa shape index (κ2) is 4.90. The van der Waals surface area contributed by atoms with Gasteiger partial charge in [0.15, 0.2) is 0 Å². The minimum atomic E-state index is -0.972. The number of rotatable bonds is 2. The molecule has 0 aromatic carbocycles. The number of nitrogens with zero attached hydrogens (tertiary/aromatic N) is 2. The number of aromatic nitrogens is 2. The number of carboxylic acids is 1. The number of carboxylic acid groups (broad SMARTS) is 1. The van der Waals surface area contributed by atoms with Crippen LogP contribution < -0.4 is 0 Å². The summed E-state index contributed by atoms with van der Waals surface area (Å²) in [5.41, 5.74) is 0.734. The van der Waals surface area contributed by atoms with Crippen molar-refractivity contribution in [2.24, 2.45) is 0 Å². The molecular weight excluding hydrogens is 284 g/mol. The Hall–Kier alpha value is -1.46. The molecule has 0 saturated heterocycles. The molecule has 6 heteroatoms. The fraction of sp³-hybridized carbons (Fsp3) is 0.308. The second-order valence-corrected chi connectivity index (χ2v) is 6.49. The van der Waals surface area contributed by atoms with E-state index in [0.717, 1.165) is 11.3 Å². The Morgan fingerprint density at radius 1 is 1.42 bits per heavy atom. The highest BCUT2D eigenvalue weighted by molar-refractivity contribution is 7.17. The molecular formula is C13H13ClN2O2S. The quantitative estimate of drug-likeness (QED) is 0.914. The maximum atomic E-state index is 11.3. The van der Waals surface area contributed by atoms with Crippen LogP contribution in [0.25, 0.3) is 10.7 Å². The van der Waals surface area contributed by atoms with Gasteiger partial charge < -0.3 is 5.11 Å². The van der Waals surface area contributed by atoms with E-state index < -0.39 is 5.97 Å². The van der Waals surface area contributed by atoms with Gasteiger partial charge in [-0.2, -0.15) is 0 Å². The van der Waals surface area contributed by atoms with Crippen molar-refractivity contribution in [3.63, 3.8) is 0 Å². The lowest BCUT2D eigenvalue weighted by atomic mass is 9.91. The number of halogens is 1. The highest BCUT2D eigenvalue weighted by Crippen LogP contribution is 2.35. The van der Waals surface area contributed by atoms with Gasteiger partial charge in [0.25, 0.3) is 0 Å². The van der Waals surface area contributed by atoms with E-state index >= 15 is 0 Å². The molecule has 0 aliphatic rings. The molecule has 0 amide bonds. The van der Waals surface area contributed by atoms with Crippen LogP contribution in [0.15, 0.2) is 18.3 Å². The molecule has 2 heterocycles. The molecule has 100 valence electrons. The van der Waals surface area contributed by atoms with Crippen LogP contribution in [0.2, 0.25) is 5.02 Å². The van der Waals surface area contributed by atoms with Crippen LogP contribution in [0.4, 0.5) is 0 Å². The Bertz CT molecular complexity index is 632. The summed E-state index contributed by atoms with van der Waals surface area (Å²) in [4.78, 5) is 20.1.